The van der Waals surface area contributed by atoms with Crippen LogP contribution < -0.4 is 18.9 Å². The summed E-state index contributed by atoms with van der Waals surface area (Å²) in [6, 6.07) is 37.9. The summed E-state index contributed by atoms with van der Waals surface area (Å²) >= 11 is 1.84. The summed E-state index contributed by atoms with van der Waals surface area (Å²) in [6.45, 7) is 0. The molecular weight excluding hydrogens is 504 g/mol. The maximum absolute atomic E-state index is 5.43. The Kier molecular flexibility index (Phi) is 8.18. The first kappa shape index (κ1) is 26.4. The molecule has 1 aromatic heterocycles. The third-order valence-electron chi connectivity index (χ3n) is 7.01. The van der Waals surface area contributed by atoms with Gasteiger partial charge in [-0.2, -0.15) is 0 Å². The van der Waals surface area contributed by atoms with Crippen LogP contribution in [0.3, 0.4) is 0 Å². The van der Waals surface area contributed by atoms with Crippen LogP contribution in [0.1, 0.15) is 43.8 Å². The number of benzene rings is 4. The van der Waals surface area contributed by atoms with Crippen LogP contribution in [0.4, 0.5) is 0 Å². The summed E-state index contributed by atoms with van der Waals surface area (Å²) in [4.78, 5) is 2.54. The van der Waals surface area contributed by atoms with Gasteiger partial charge in [0.2, 0.25) is 0 Å². The molecule has 0 fully saturated rings. The molecule has 0 unspecified atom stereocenters. The van der Waals surface area contributed by atoms with Crippen molar-refractivity contribution in [1.82, 2.24) is 0 Å². The average Bonchev–Trinajstić information content (AvgIpc) is 3.47. The van der Waals surface area contributed by atoms with Crippen LogP contribution in [0.5, 0.6) is 23.0 Å². The van der Waals surface area contributed by atoms with Gasteiger partial charge in [-0.1, -0.05) is 48.5 Å². The maximum Gasteiger partial charge on any atom is 0.118 e. The van der Waals surface area contributed by atoms with E-state index >= 15 is 0 Å². The number of rotatable bonds is 10. The smallest absolute Gasteiger partial charge is 0.118 e. The Morgan fingerprint density at radius 3 is 0.795 bits per heavy atom. The minimum atomic E-state index is 0.0768. The van der Waals surface area contributed by atoms with E-state index in [1.54, 1.807) is 28.4 Å². The molecule has 0 saturated carbocycles. The molecule has 4 aromatic carbocycles. The first-order valence-electron chi connectivity index (χ1n) is 12.8. The second kappa shape index (κ2) is 12.1. The normalized spacial score (nSPS) is 11.0. The Morgan fingerprint density at radius 2 is 0.590 bits per heavy atom. The second-order valence-electron chi connectivity index (χ2n) is 9.20. The van der Waals surface area contributed by atoms with Crippen molar-refractivity contribution in [2.24, 2.45) is 0 Å². The van der Waals surface area contributed by atoms with Crippen LogP contribution in [0, 0.1) is 0 Å². The highest BCUT2D eigenvalue weighted by molar-refractivity contribution is 7.12. The molecule has 0 aliphatic heterocycles. The lowest BCUT2D eigenvalue weighted by Crippen LogP contribution is -2.03. The molecule has 198 valence electrons. The quantitative estimate of drug-likeness (QED) is 0.181. The van der Waals surface area contributed by atoms with Gasteiger partial charge in [-0.3, -0.25) is 0 Å². The number of hydrogen-bond acceptors (Lipinski definition) is 5. The summed E-state index contributed by atoms with van der Waals surface area (Å²) in [7, 11) is 6.78. The molecular formula is C34H32O4S. The van der Waals surface area contributed by atoms with E-state index in [0.29, 0.717) is 0 Å². The van der Waals surface area contributed by atoms with E-state index in [2.05, 4.69) is 60.7 Å². The summed E-state index contributed by atoms with van der Waals surface area (Å²) < 4.78 is 21.7. The molecule has 5 heteroatoms. The molecule has 39 heavy (non-hydrogen) atoms. The van der Waals surface area contributed by atoms with Gasteiger partial charge in [0.05, 0.1) is 28.4 Å². The van der Waals surface area contributed by atoms with E-state index in [9.17, 15) is 0 Å². The first-order valence-corrected chi connectivity index (χ1v) is 13.6. The molecule has 0 N–H and O–H groups in total. The zero-order valence-electron chi connectivity index (χ0n) is 22.6. The molecule has 0 bridgehead atoms. The Balaban J connectivity index is 1.59. The van der Waals surface area contributed by atoms with Crippen molar-refractivity contribution in [2.75, 3.05) is 28.4 Å². The zero-order chi connectivity index (χ0) is 27.2. The fourth-order valence-corrected chi connectivity index (χ4v) is 6.23. The van der Waals surface area contributed by atoms with Gasteiger partial charge in [-0.25, -0.2) is 0 Å². The van der Waals surface area contributed by atoms with Crippen LogP contribution in [-0.4, -0.2) is 28.4 Å². The fraction of sp³-hybridized carbons (Fsp3) is 0.176. The molecule has 5 aromatic rings. The molecule has 4 nitrogen and oxygen atoms in total. The molecule has 0 radical (unpaired) electrons. The number of thiophene rings is 1. The van der Waals surface area contributed by atoms with E-state index < -0.39 is 0 Å². The molecule has 1 heterocycles. The lowest BCUT2D eigenvalue weighted by Gasteiger charge is -2.19. The Labute approximate surface area is 234 Å². The van der Waals surface area contributed by atoms with Crippen molar-refractivity contribution in [2.45, 2.75) is 11.8 Å². The SMILES string of the molecule is COc1ccc(C(c2ccc(OC)cc2)c2ccc(C(c3ccc(OC)cc3)c3ccc(OC)cc3)s2)cc1. The highest BCUT2D eigenvalue weighted by atomic mass is 32.1. The second-order valence-corrected chi connectivity index (χ2v) is 10.3. The number of hydrogen-bond donors (Lipinski definition) is 0. The van der Waals surface area contributed by atoms with E-state index in [0.717, 1.165) is 23.0 Å². The third-order valence-corrected chi connectivity index (χ3v) is 8.23. The van der Waals surface area contributed by atoms with Gasteiger partial charge in [0.25, 0.3) is 0 Å². The van der Waals surface area contributed by atoms with Crippen molar-refractivity contribution in [1.29, 1.82) is 0 Å². The van der Waals surface area contributed by atoms with Crippen LogP contribution in [0.2, 0.25) is 0 Å². The third kappa shape index (κ3) is 5.79. The maximum atomic E-state index is 5.43. The molecule has 0 atom stereocenters. The molecule has 0 saturated heterocycles. The van der Waals surface area contributed by atoms with Crippen molar-refractivity contribution in [3.05, 3.63) is 141 Å². The predicted molar refractivity (Wildman–Crippen MR) is 158 cm³/mol. The van der Waals surface area contributed by atoms with Crippen molar-refractivity contribution in [3.8, 4) is 23.0 Å². The van der Waals surface area contributed by atoms with E-state index in [-0.39, 0.29) is 11.8 Å². The van der Waals surface area contributed by atoms with Crippen molar-refractivity contribution < 1.29 is 18.9 Å². The summed E-state index contributed by atoms with van der Waals surface area (Å²) in [6.07, 6.45) is 0. The standard InChI is InChI=1S/C34H32O4S/c1-35-27-13-5-23(6-14-27)33(24-7-15-28(36-2)16-8-24)31-21-22-32(39-31)34(25-9-17-29(37-3)18-10-25)26-11-19-30(38-4)20-12-26/h5-22,33-34H,1-4H3. The van der Waals surface area contributed by atoms with Crippen molar-refractivity contribution in [3.63, 3.8) is 0 Å². The lowest BCUT2D eigenvalue weighted by atomic mass is 9.89. The van der Waals surface area contributed by atoms with Gasteiger partial charge in [0.1, 0.15) is 23.0 Å². The fourth-order valence-electron chi connectivity index (χ4n) is 4.91. The minimum Gasteiger partial charge on any atom is -0.497 e. The van der Waals surface area contributed by atoms with Gasteiger partial charge in [-0.05, 0) is 82.9 Å². The van der Waals surface area contributed by atoms with Gasteiger partial charge in [0, 0.05) is 21.6 Å². The van der Waals surface area contributed by atoms with Crippen LogP contribution in [0.25, 0.3) is 0 Å². The van der Waals surface area contributed by atoms with Gasteiger partial charge in [0.15, 0.2) is 0 Å². The largest absolute Gasteiger partial charge is 0.497 e. The van der Waals surface area contributed by atoms with E-state index in [1.165, 1.54) is 32.0 Å². The lowest BCUT2D eigenvalue weighted by molar-refractivity contribution is 0.414. The minimum absolute atomic E-state index is 0.0768. The highest BCUT2D eigenvalue weighted by Crippen LogP contribution is 2.42. The van der Waals surface area contributed by atoms with Gasteiger partial charge < -0.3 is 18.9 Å². The Bertz CT molecular complexity index is 1260. The topological polar surface area (TPSA) is 36.9 Å². The van der Waals surface area contributed by atoms with Crippen molar-refractivity contribution >= 4 is 11.3 Å². The molecule has 0 amide bonds. The molecule has 5 rings (SSSR count). The van der Waals surface area contributed by atoms with E-state index in [1.807, 2.05) is 59.9 Å². The van der Waals surface area contributed by atoms with Crippen LogP contribution in [0.15, 0.2) is 109 Å². The summed E-state index contributed by atoms with van der Waals surface area (Å²) in [5.41, 5.74) is 4.83. The first-order chi connectivity index (χ1) is 19.1. The molecule has 0 aliphatic rings. The summed E-state index contributed by atoms with van der Waals surface area (Å²) in [5, 5.41) is 0. The van der Waals surface area contributed by atoms with Crippen LogP contribution >= 0.6 is 11.3 Å². The van der Waals surface area contributed by atoms with E-state index in [4.69, 9.17) is 18.9 Å². The van der Waals surface area contributed by atoms with Gasteiger partial charge in [-0.15, -0.1) is 11.3 Å². The number of ether oxygens (including phenoxy) is 4. The molecule has 0 spiro atoms. The van der Waals surface area contributed by atoms with Crippen LogP contribution in [-0.2, 0) is 0 Å². The number of methoxy groups -OCH3 is 4. The predicted octanol–water partition coefficient (Wildman–Crippen LogP) is 8.14. The molecule has 0 aliphatic carbocycles. The Hall–Kier alpha value is -4.22. The van der Waals surface area contributed by atoms with Gasteiger partial charge >= 0.3 is 0 Å². The summed E-state index contributed by atoms with van der Waals surface area (Å²) in [5.74, 6) is 3.54. The Morgan fingerprint density at radius 1 is 0.359 bits per heavy atom. The zero-order valence-corrected chi connectivity index (χ0v) is 23.4. The average molecular weight is 537 g/mol. The monoisotopic (exact) mass is 536 g/mol. The highest BCUT2D eigenvalue weighted by Gasteiger charge is 2.24.